The number of halogens is 1. The molecule has 7 nitrogen and oxygen atoms in total. The van der Waals surface area contributed by atoms with Crippen molar-refractivity contribution in [3.05, 3.63) is 45.7 Å². The molecule has 2 N–H and O–H groups in total. The van der Waals surface area contributed by atoms with E-state index in [0.29, 0.717) is 22.0 Å². The van der Waals surface area contributed by atoms with Crippen molar-refractivity contribution in [1.82, 2.24) is 15.1 Å². The maximum Gasteiger partial charge on any atom is 0.273 e. The molecule has 1 aromatic carbocycles. The molecular formula is C19H23ClN4O3. The Bertz CT molecular complexity index is 903. The first-order chi connectivity index (χ1) is 12.6. The number of amides is 2. The van der Waals surface area contributed by atoms with Crippen LogP contribution < -0.4 is 10.6 Å². The van der Waals surface area contributed by atoms with E-state index in [1.807, 2.05) is 20.8 Å². The van der Waals surface area contributed by atoms with Crippen molar-refractivity contribution < 1.29 is 14.4 Å². The molecule has 0 bridgehead atoms. The third kappa shape index (κ3) is 4.95. The fraction of sp³-hybridized carbons (Fsp3) is 0.368. The first-order valence-electron chi connectivity index (χ1n) is 8.55. The number of benzene rings is 1. The zero-order valence-corrected chi connectivity index (χ0v) is 16.8. The standard InChI is InChI=1S/C19H23ClN4O3/c1-10(2)24-16(7-12(4)23-24)19(27)22-17-11(3)6-14(20)8-15(17)18(26)21-9-13(5)25/h6-8,10H,9H2,1-5H3,(H,21,26)(H,22,27). The van der Waals surface area contributed by atoms with Crippen molar-refractivity contribution in [3.8, 4) is 0 Å². The average Bonchev–Trinajstić information content (AvgIpc) is 2.97. The Labute approximate surface area is 163 Å². The largest absolute Gasteiger partial charge is 0.345 e. The quantitative estimate of drug-likeness (QED) is 0.791. The van der Waals surface area contributed by atoms with Gasteiger partial charge in [-0.1, -0.05) is 11.6 Å². The molecule has 8 heteroatoms. The normalized spacial score (nSPS) is 10.8. The zero-order valence-electron chi connectivity index (χ0n) is 16.0. The summed E-state index contributed by atoms with van der Waals surface area (Å²) in [7, 11) is 0. The molecule has 144 valence electrons. The van der Waals surface area contributed by atoms with E-state index in [2.05, 4.69) is 15.7 Å². The van der Waals surface area contributed by atoms with Crippen molar-refractivity contribution in [2.45, 2.75) is 40.7 Å². The van der Waals surface area contributed by atoms with Gasteiger partial charge in [-0.15, -0.1) is 0 Å². The lowest BCUT2D eigenvalue weighted by atomic mass is 10.1. The lowest BCUT2D eigenvalue weighted by molar-refractivity contribution is -0.116. The minimum absolute atomic E-state index is 0.00380. The number of aromatic nitrogens is 2. The van der Waals surface area contributed by atoms with Crippen LogP contribution in [0.2, 0.25) is 5.02 Å². The van der Waals surface area contributed by atoms with Gasteiger partial charge in [0.15, 0.2) is 0 Å². The monoisotopic (exact) mass is 390 g/mol. The predicted octanol–water partition coefficient (Wildman–Crippen LogP) is 3.31. The van der Waals surface area contributed by atoms with Gasteiger partial charge in [-0.3, -0.25) is 19.1 Å². The van der Waals surface area contributed by atoms with Gasteiger partial charge in [0.05, 0.1) is 23.5 Å². The first kappa shape index (κ1) is 20.6. The van der Waals surface area contributed by atoms with Gasteiger partial charge in [-0.05, 0) is 58.4 Å². The molecule has 2 rings (SSSR count). The molecule has 0 spiro atoms. The molecular weight excluding hydrogens is 368 g/mol. The Balaban J connectivity index is 2.39. The Kier molecular flexibility index (Phi) is 6.38. The number of hydrogen-bond donors (Lipinski definition) is 2. The zero-order chi connectivity index (χ0) is 20.3. The summed E-state index contributed by atoms with van der Waals surface area (Å²) in [6, 6.07) is 4.81. The topological polar surface area (TPSA) is 93.1 Å². The molecule has 0 aliphatic carbocycles. The van der Waals surface area contributed by atoms with Crippen molar-refractivity contribution >= 4 is 34.9 Å². The summed E-state index contributed by atoms with van der Waals surface area (Å²) < 4.78 is 1.63. The lowest BCUT2D eigenvalue weighted by Crippen LogP contribution is -2.30. The minimum Gasteiger partial charge on any atom is -0.345 e. The second kappa shape index (κ2) is 8.35. The highest BCUT2D eigenvalue weighted by molar-refractivity contribution is 6.31. The van der Waals surface area contributed by atoms with E-state index in [9.17, 15) is 14.4 Å². The van der Waals surface area contributed by atoms with Gasteiger partial charge >= 0.3 is 0 Å². The summed E-state index contributed by atoms with van der Waals surface area (Å²) in [4.78, 5) is 36.5. The Morgan fingerprint density at radius 1 is 1.15 bits per heavy atom. The molecule has 27 heavy (non-hydrogen) atoms. The van der Waals surface area contributed by atoms with Crippen LogP contribution in [0.15, 0.2) is 18.2 Å². The maximum absolute atomic E-state index is 12.8. The number of aryl methyl sites for hydroxylation is 2. The summed E-state index contributed by atoms with van der Waals surface area (Å²) in [6.45, 7) is 8.69. The fourth-order valence-electron chi connectivity index (χ4n) is 2.65. The lowest BCUT2D eigenvalue weighted by Gasteiger charge is -2.16. The van der Waals surface area contributed by atoms with Gasteiger partial charge in [0, 0.05) is 11.1 Å². The number of anilines is 1. The number of carbonyl (C=O) groups excluding carboxylic acids is 3. The molecule has 0 aliphatic rings. The molecule has 0 unspecified atom stereocenters. The molecule has 1 aromatic heterocycles. The van der Waals surface area contributed by atoms with E-state index in [1.165, 1.54) is 13.0 Å². The average molecular weight is 391 g/mol. The molecule has 2 amide bonds. The SMILES string of the molecule is CC(=O)CNC(=O)c1cc(Cl)cc(C)c1NC(=O)c1cc(C)nn1C(C)C. The van der Waals surface area contributed by atoms with E-state index in [1.54, 1.807) is 23.7 Å². The van der Waals surface area contributed by atoms with Crippen LogP contribution in [0.25, 0.3) is 0 Å². The van der Waals surface area contributed by atoms with Crippen molar-refractivity contribution in [1.29, 1.82) is 0 Å². The highest BCUT2D eigenvalue weighted by Gasteiger charge is 2.21. The third-order valence-electron chi connectivity index (χ3n) is 3.86. The molecule has 0 saturated heterocycles. The number of carbonyl (C=O) groups is 3. The van der Waals surface area contributed by atoms with Gasteiger partial charge < -0.3 is 10.6 Å². The molecule has 0 atom stereocenters. The van der Waals surface area contributed by atoms with Gasteiger partial charge in [0.2, 0.25) is 0 Å². The molecule has 0 radical (unpaired) electrons. The number of Topliss-reactive ketones (excluding diaryl/α,β-unsaturated/α-hetero) is 1. The number of nitrogens with zero attached hydrogens (tertiary/aromatic N) is 2. The molecule has 0 saturated carbocycles. The summed E-state index contributed by atoms with van der Waals surface area (Å²) in [6.07, 6.45) is 0. The van der Waals surface area contributed by atoms with Crippen LogP contribution in [-0.2, 0) is 4.79 Å². The number of rotatable bonds is 6. The Morgan fingerprint density at radius 2 is 1.81 bits per heavy atom. The second-order valence-corrected chi connectivity index (χ2v) is 7.13. The highest BCUT2D eigenvalue weighted by atomic mass is 35.5. The van der Waals surface area contributed by atoms with Crippen molar-refractivity contribution in [2.75, 3.05) is 11.9 Å². The van der Waals surface area contributed by atoms with E-state index in [0.717, 1.165) is 5.69 Å². The number of ketones is 1. The second-order valence-electron chi connectivity index (χ2n) is 6.69. The Morgan fingerprint density at radius 3 is 2.41 bits per heavy atom. The van der Waals surface area contributed by atoms with Crippen LogP contribution >= 0.6 is 11.6 Å². The van der Waals surface area contributed by atoms with E-state index < -0.39 is 5.91 Å². The molecule has 0 fully saturated rings. The van der Waals surface area contributed by atoms with Gasteiger partial charge in [0.1, 0.15) is 11.5 Å². The van der Waals surface area contributed by atoms with Crippen LogP contribution in [0.3, 0.4) is 0 Å². The van der Waals surface area contributed by atoms with Crippen LogP contribution in [0.4, 0.5) is 5.69 Å². The van der Waals surface area contributed by atoms with Crippen LogP contribution in [0.1, 0.15) is 58.9 Å². The van der Waals surface area contributed by atoms with E-state index >= 15 is 0 Å². The number of nitrogens with one attached hydrogen (secondary N) is 2. The van der Waals surface area contributed by atoms with Crippen molar-refractivity contribution in [3.63, 3.8) is 0 Å². The van der Waals surface area contributed by atoms with E-state index in [-0.39, 0.29) is 29.8 Å². The highest BCUT2D eigenvalue weighted by Crippen LogP contribution is 2.26. The fourth-order valence-corrected chi connectivity index (χ4v) is 2.92. The molecule has 1 heterocycles. The van der Waals surface area contributed by atoms with E-state index in [4.69, 9.17) is 11.6 Å². The molecule has 2 aromatic rings. The number of hydrogen-bond acceptors (Lipinski definition) is 4. The summed E-state index contributed by atoms with van der Waals surface area (Å²) in [5.41, 5.74) is 2.30. The summed E-state index contributed by atoms with van der Waals surface area (Å²) in [5, 5.41) is 10.0. The summed E-state index contributed by atoms with van der Waals surface area (Å²) in [5.74, 6) is -1.04. The van der Waals surface area contributed by atoms with Crippen LogP contribution in [0.5, 0.6) is 0 Å². The minimum atomic E-state index is -0.486. The Hall–Kier alpha value is -2.67. The van der Waals surface area contributed by atoms with Crippen LogP contribution in [-0.4, -0.2) is 33.9 Å². The first-order valence-corrected chi connectivity index (χ1v) is 8.93. The van der Waals surface area contributed by atoms with Gasteiger partial charge in [-0.2, -0.15) is 5.10 Å². The predicted molar refractivity (Wildman–Crippen MR) is 105 cm³/mol. The van der Waals surface area contributed by atoms with Crippen molar-refractivity contribution in [2.24, 2.45) is 0 Å². The summed E-state index contributed by atoms with van der Waals surface area (Å²) >= 11 is 6.08. The molecule has 0 aliphatic heterocycles. The maximum atomic E-state index is 12.8. The van der Waals surface area contributed by atoms with Crippen LogP contribution in [0, 0.1) is 13.8 Å². The van der Waals surface area contributed by atoms with Gasteiger partial charge in [-0.25, -0.2) is 0 Å². The smallest absolute Gasteiger partial charge is 0.273 e. The van der Waals surface area contributed by atoms with Gasteiger partial charge in [0.25, 0.3) is 11.8 Å². The third-order valence-corrected chi connectivity index (χ3v) is 4.08.